The molecule has 1 aliphatic rings. The Bertz CT molecular complexity index is 1610. The van der Waals surface area contributed by atoms with Crippen molar-refractivity contribution in [2.45, 2.75) is 25.4 Å². The minimum atomic E-state index is -4.81. The first-order valence-corrected chi connectivity index (χ1v) is 12.7. The number of hydrogen-bond acceptors (Lipinski definition) is 3. The van der Waals surface area contributed by atoms with Crippen LogP contribution in [0.25, 0.3) is 11.1 Å². The Hall–Kier alpha value is -4.67. The number of alkyl halides is 3. The van der Waals surface area contributed by atoms with Gasteiger partial charge in [-0.15, -0.1) is 13.2 Å². The van der Waals surface area contributed by atoms with Crippen molar-refractivity contribution < 1.29 is 40.3 Å². The van der Waals surface area contributed by atoms with Gasteiger partial charge in [0.25, 0.3) is 0 Å². The molecule has 0 saturated carbocycles. The van der Waals surface area contributed by atoms with E-state index in [4.69, 9.17) is 0 Å². The van der Waals surface area contributed by atoms with E-state index < -0.39 is 47.5 Å². The monoisotopic (exact) mass is 586 g/mol. The molecule has 11 heteroatoms. The van der Waals surface area contributed by atoms with Crippen LogP contribution in [-0.4, -0.2) is 18.0 Å². The number of halogens is 7. The molecule has 0 saturated heterocycles. The Balaban J connectivity index is 1.41. The Labute approximate surface area is 235 Å². The van der Waals surface area contributed by atoms with E-state index in [0.717, 1.165) is 18.2 Å². The quantitative estimate of drug-likeness (QED) is 0.226. The van der Waals surface area contributed by atoms with Gasteiger partial charge < -0.3 is 10.1 Å². The summed E-state index contributed by atoms with van der Waals surface area (Å²) in [6, 6.07) is 17.4. The van der Waals surface area contributed by atoms with Gasteiger partial charge in [-0.2, -0.15) is 0 Å². The summed E-state index contributed by atoms with van der Waals surface area (Å²) in [4.78, 5) is 17.8. The van der Waals surface area contributed by atoms with Crippen molar-refractivity contribution in [3.05, 3.63) is 125 Å². The fraction of sp³-hybridized carbons (Fsp3) is 0.161. The predicted molar refractivity (Wildman–Crippen MR) is 141 cm³/mol. The largest absolute Gasteiger partial charge is 0.573 e. The molecule has 0 fully saturated rings. The van der Waals surface area contributed by atoms with Crippen LogP contribution in [0.15, 0.2) is 89.9 Å². The second-order valence-corrected chi connectivity index (χ2v) is 9.58. The molecule has 2 atom stereocenters. The first-order valence-electron chi connectivity index (χ1n) is 12.7. The third-order valence-corrected chi connectivity index (χ3v) is 6.82. The van der Waals surface area contributed by atoms with Gasteiger partial charge in [0, 0.05) is 30.3 Å². The summed E-state index contributed by atoms with van der Waals surface area (Å²) < 4.78 is 97.8. The maximum absolute atomic E-state index is 14.6. The van der Waals surface area contributed by atoms with Gasteiger partial charge in [-0.05, 0) is 47.0 Å². The Morgan fingerprint density at radius 3 is 2.05 bits per heavy atom. The van der Waals surface area contributed by atoms with Crippen LogP contribution in [0.3, 0.4) is 0 Å². The van der Waals surface area contributed by atoms with Gasteiger partial charge in [-0.25, -0.2) is 17.6 Å². The van der Waals surface area contributed by atoms with Crippen LogP contribution in [0, 0.1) is 29.2 Å². The van der Waals surface area contributed by atoms with Crippen molar-refractivity contribution in [2.75, 3.05) is 0 Å². The lowest BCUT2D eigenvalue weighted by Gasteiger charge is -2.19. The molecule has 1 aliphatic heterocycles. The molecule has 42 heavy (non-hydrogen) atoms. The molecule has 0 bridgehead atoms. The van der Waals surface area contributed by atoms with E-state index in [0.29, 0.717) is 22.8 Å². The molecular formula is C31H21F7N2O2. The SMILES string of the molecule is O=C(NCc1ccc(F)cc1F)C1CC(c2c(F)cccc2F)=NC1c1ccc(-c2ccc(OC(F)(F)F)cc2)cc1. The minimum Gasteiger partial charge on any atom is -0.406 e. The minimum absolute atomic E-state index is 0.0491. The van der Waals surface area contributed by atoms with Crippen molar-refractivity contribution in [2.24, 2.45) is 10.9 Å². The predicted octanol–water partition coefficient (Wildman–Crippen LogP) is 7.68. The van der Waals surface area contributed by atoms with Crippen molar-refractivity contribution in [3.8, 4) is 16.9 Å². The molecule has 0 spiro atoms. The zero-order valence-electron chi connectivity index (χ0n) is 21.6. The van der Waals surface area contributed by atoms with Crippen LogP contribution in [-0.2, 0) is 11.3 Å². The number of carbonyl (C=O) groups excluding carboxylic acids is 1. The van der Waals surface area contributed by atoms with E-state index in [1.807, 2.05) is 0 Å². The van der Waals surface area contributed by atoms with Crippen LogP contribution < -0.4 is 10.1 Å². The smallest absolute Gasteiger partial charge is 0.406 e. The average molecular weight is 587 g/mol. The standard InChI is InChI=1S/C31H21F7N2O2/c32-21-11-8-20(26(35)14-21)16-39-30(41)23-15-27(28-24(33)2-1-3-25(28)34)40-29(23)19-6-4-17(5-7-19)18-9-12-22(13-10-18)42-31(36,37)38/h1-14,23,29H,15-16H2,(H,39,41). The van der Waals surface area contributed by atoms with Crippen LogP contribution in [0.1, 0.15) is 29.2 Å². The van der Waals surface area contributed by atoms with E-state index in [-0.39, 0.29) is 35.6 Å². The molecule has 0 aromatic heterocycles. The first-order chi connectivity index (χ1) is 20.0. The lowest BCUT2D eigenvalue weighted by atomic mass is 9.89. The first kappa shape index (κ1) is 28.8. The highest BCUT2D eigenvalue weighted by Gasteiger charge is 2.38. The third kappa shape index (κ3) is 6.45. The molecular weight excluding hydrogens is 565 g/mol. The van der Waals surface area contributed by atoms with Gasteiger partial charge >= 0.3 is 6.36 Å². The molecule has 4 nitrogen and oxygen atoms in total. The molecule has 4 aromatic rings. The highest BCUT2D eigenvalue weighted by molar-refractivity contribution is 6.05. The summed E-state index contributed by atoms with van der Waals surface area (Å²) in [5.41, 5.74) is 1.53. The zero-order valence-corrected chi connectivity index (χ0v) is 21.6. The van der Waals surface area contributed by atoms with Gasteiger partial charge in [-0.1, -0.05) is 48.5 Å². The number of carbonyl (C=O) groups is 1. The number of rotatable bonds is 7. The summed E-state index contributed by atoms with van der Waals surface area (Å²) in [7, 11) is 0. The van der Waals surface area contributed by atoms with Crippen molar-refractivity contribution in [1.29, 1.82) is 0 Å². The van der Waals surface area contributed by atoms with Gasteiger partial charge in [0.05, 0.1) is 17.5 Å². The molecule has 1 amide bonds. The van der Waals surface area contributed by atoms with Gasteiger partial charge in [0.1, 0.15) is 29.0 Å². The number of aliphatic imine (C=N–C) groups is 1. The van der Waals surface area contributed by atoms with Gasteiger partial charge in [0.2, 0.25) is 5.91 Å². The summed E-state index contributed by atoms with van der Waals surface area (Å²) >= 11 is 0. The number of nitrogens with one attached hydrogen (secondary N) is 1. The molecule has 0 aliphatic carbocycles. The highest BCUT2D eigenvalue weighted by atomic mass is 19.4. The molecule has 2 unspecified atom stereocenters. The number of ether oxygens (including phenoxy) is 1. The topological polar surface area (TPSA) is 50.7 Å². The highest BCUT2D eigenvalue weighted by Crippen LogP contribution is 2.38. The van der Waals surface area contributed by atoms with E-state index in [2.05, 4.69) is 15.0 Å². The van der Waals surface area contributed by atoms with E-state index in [1.54, 1.807) is 24.3 Å². The Morgan fingerprint density at radius 1 is 0.833 bits per heavy atom. The van der Waals surface area contributed by atoms with Crippen molar-refractivity contribution in [3.63, 3.8) is 0 Å². The molecule has 1 N–H and O–H groups in total. The van der Waals surface area contributed by atoms with Gasteiger partial charge in [-0.3, -0.25) is 9.79 Å². The van der Waals surface area contributed by atoms with E-state index in [9.17, 15) is 35.5 Å². The molecule has 216 valence electrons. The number of nitrogens with zero attached hydrogens (tertiary/aromatic N) is 1. The summed E-state index contributed by atoms with van der Waals surface area (Å²) in [5.74, 6) is -5.11. The van der Waals surface area contributed by atoms with Crippen molar-refractivity contribution in [1.82, 2.24) is 5.32 Å². The van der Waals surface area contributed by atoms with Crippen LogP contribution in [0.2, 0.25) is 0 Å². The van der Waals surface area contributed by atoms with Crippen LogP contribution in [0.4, 0.5) is 30.7 Å². The molecule has 1 heterocycles. The van der Waals surface area contributed by atoms with E-state index >= 15 is 0 Å². The summed E-state index contributed by atoms with van der Waals surface area (Å²) in [6.45, 7) is -0.245. The lowest BCUT2D eigenvalue weighted by molar-refractivity contribution is -0.274. The zero-order chi connectivity index (χ0) is 30.0. The van der Waals surface area contributed by atoms with E-state index in [1.165, 1.54) is 36.4 Å². The van der Waals surface area contributed by atoms with Gasteiger partial charge in [0.15, 0.2) is 0 Å². The third-order valence-electron chi connectivity index (χ3n) is 6.82. The van der Waals surface area contributed by atoms with Crippen LogP contribution >= 0.6 is 0 Å². The fourth-order valence-electron chi connectivity index (χ4n) is 4.81. The average Bonchev–Trinajstić information content (AvgIpc) is 3.37. The molecule has 4 aromatic carbocycles. The number of benzene rings is 4. The lowest BCUT2D eigenvalue weighted by Crippen LogP contribution is -2.32. The molecule has 5 rings (SSSR count). The Morgan fingerprint density at radius 2 is 1.45 bits per heavy atom. The number of hydrogen-bond donors (Lipinski definition) is 1. The van der Waals surface area contributed by atoms with Crippen LogP contribution in [0.5, 0.6) is 5.75 Å². The normalized spacial score (nSPS) is 16.7. The number of amides is 1. The second-order valence-electron chi connectivity index (χ2n) is 9.58. The van der Waals surface area contributed by atoms with Crippen molar-refractivity contribution >= 4 is 11.6 Å². The second kappa shape index (κ2) is 11.7. The fourth-order valence-corrected chi connectivity index (χ4v) is 4.81. The molecule has 0 radical (unpaired) electrons. The Kier molecular flexibility index (Phi) is 8.02. The maximum Gasteiger partial charge on any atom is 0.573 e. The summed E-state index contributed by atoms with van der Waals surface area (Å²) in [6.07, 6.45) is -4.92. The summed E-state index contributed by atoms with van der Waals surface area (Å²) in [5, 5.41) is 2.61. The maximum atomic E-state index is 14.6.